The van der Waals surface area contributed by atoms with E-state index in [-0.39, 0.29) is 17.7 Å². The second kappa shape index (κ2) is 6.39. The highest BCUT2D eigenvalue weighted by Gasteiger charge is 2.14. The molecule has 80 valence electrons. The van der Waals surface area contributed by atoms with Crippen LogP contribution in [0.25, 0.3) is 0 Å². The molecule has 1 amide bonds. The summed E-state index contributed by atoms with van der Waals surface area (Å²) in [5.74, 6) is 0.157. The van der Waals surface area contributed by atoms with E-state index in [4.69, 9.17) is 11.0 Å². The first-order valence-electron chi connectivity index (χ1n) is 4.84. The summed E-state index contributed by atoms with van der Waals surface area (Å²) >= 11 is 0. The van der Waals surface area contributed by atoms with Crippen LogP contribution in [0.2, 0.25) is 0 Å². The van der Waals surface area contributed by atoms with E-state index < -0.39 is 0 Å². The number of carbonyl (C=O) groups is 1. The second-order valence-corrected chi connectivity index (χ2v) is 3.85. The van der Waals surface area contributed by atoms with Crippen molar-refractivity contribution in [1.82, 2.24) is 4.90 Å². The van der Waals surface area contributed by atoms with E-state index in [2.05, 4.69) is 6.07 Å². The lowest BCUT2D eigenvalue weighted by Gasteiger charge is -2.19. The highest BCUT2D eigenvalue weighted by atomic mass is 16.2. The van der Waals surface area contributed by atoms with Crippen LogP contribution in [-0.2, 0) is 4.79 Å². The molecule has 0 fully saturated rings. The minimum atomic E-state index is -0.114. The molecule has 0 aromatic carbocycles. The van der Waals surface area contributed by atoms with Crippen molar-refractivity contribution in [3.05, 3.63) is 0 Å². The third-order valence-electron chi connectivity index (χ3n) is 2.12. The van der Waals surface area contributed by atoms with Gasteiger partial charge < -0.3 is 10.6 Å². The number of amides is 1. The maximum absolute atomic E-state index is 11.5. The van der Waals surface area contributed by atoms with Crippen LogP contribution in [0, 0.1) is 23.2 Å². The zero-order valence-corrected chi connectivity index (χ0v) is 9.16. The quantitative estimate of drug-likeness (QED) is 0.701. The van der Waals surface area contributed by atoms with E-state index in [1.807, 2.05) is 6.92 Å². The summed E-state index contributed by atoms with van der Waals surface area (Å²) in [5, 5.41) is 8.59. The number of nitrogens with zero attached hydrogens (tertiary/aromatic N) is 2. The summed E-state index contributed by atoms with van der Waals surface area (Å²) in [6.45, 7) is 4.76. The van der Waals surface area contributed by atoms with Gasteiger partial charge in [0.15, 0.2) is 0 Å². The molecule has 0 saturated heterocycles. The zero-order chi connectivity index (χ0) is 11.1. The van der Waals surface area contributed by atoms with Crippen LogP contribution in [0.3, 0.4) is 0 Å². The molecule has 0 aliphatic rings. The molecule has 0 bridgehead atoms. The first kappa shape index (κ1) is 12.9. The lowest BCUT2D eigenvalue weighted by Crippen LogP contribution is -2.32. The third-order valence-corrected chi connectivity index (χ3v) is 2.12. The van der Waals surface area contributed by atoms with E-state index in [0.717, 1.165) is 0 Å². The summed E-state index contributed by atoms with van der Waals surface area (Å²) < 4.78 is 0. The molecule has 0 aromatic heterocycles. The number of hydrogen-bond acceptors (Lipinski definition) is 3. The summed E-state index contributed by atoms with van der Waals surface area (Å²) in [6, 6.07) is 2.10. The Hall–Kier alpha value is -1.08. The molecular weight excluding hydrogens is 178 g/mol. The van der Waals surface area contributed by atoms with Gasteiger partial charge in [0.25, 0.3) is 0 Å². The molecule has 2 N–H and O–H groups in total. The second-order valence-electron chi connectivity index (χ2n) is 3.85. The average molecular weight is 197 g/mol. The highest BCUT2D eigenvalue weighted by Crippen LogP contribution is 2.04. The van der Waals surface area contributed by atoms with E-state index >= 15 is 0 Å². The fraction of sp³-hybridized carbons (Fsp3) is 0.800. The standard InChI is InChI=1S/C10H19N3O/c1-8(5-11)4-10(14)13(3)7-9(2)6-12/h8-9H,4-5,7,11H2,1-3H3. The van der Waals surface area contributed by atoms with Gasteiger partial charge in [-0.2, -0.15) is 5.26 Å². The Bertz CT molecular complexity index is 222. The smallest absolute Gasteiger partial charge is 0.222 e. The maximum Gasteiger partial charge on any atom is 0.222 e. The van der Waals surface area contributed by atoms with Gasteiger partial charge in [-0.3, -0.25) is 4.79 Å². The van der Waals surface area contributed by atoms with E-state index in [9.17, 15) is 4.79 Å². The number of hydrogen-bond donors (Lipinski definition) is 1. The van der Waals surface area contributed by atoms with Crippen molar-refractivity contribution in [1.29, 1.82) is 5.26 Å². The highest BCUT2D eigenvalue weighted by molar-refractivity contribution is 5.76. The van der Waals surface area contributed by atoms with Crippen molar-refractivity contribution >= 4 is 5.91 Å². The minimum Gasteiger partial charge on any atom is -0.344 e. The van der Waals surface area contributed by atoms with Crippen LogP contribution in [0.1, 0.15) is 20.3 Å². The van der Waals surface area contributed by atoms with Gasteiger partial charge in [-0.05, 0) is 19.4 Å². The molecule has 4 heteroatoms. The van der Waals surface area contributed by atoms with E-state index in [0.29, 0.717) is 19.5 Å². The molecular formula is C10H19N3O. The van der Waals surface area contributed by atoms with Crippen LogP contribution in [0.5, 0.6) is 0 Å². The molecule has 0 aliphatic carbocycles. The van der Waals surface area contributed by atoms with Crippen molar-refractivity contribution in [2.75, 3.05) is 20.1 Å². The van der Waals surface area contributed by atoms with Crippen LogP contribution in [-0.4, -0.2) is 30.9 Å². The lowest BCUT2D eigenvalue weighted by molar-refractivity contribution is -0.131. The molecule has 0 rings (SSSR count). The van der Waals surface area contributed by atoms with Gasteiger partial charge in [0.2, 0.25) is 5.91 Å². The van der Waals surface area contributed by atoms with E-state index in [1.54, 1.807) is 18.9 Å². The molecule has 0 aliphatic heterocycles. The summed E-state index contributed by atoms with van der Waals surface area (Å²) in [4.78, 5) is 13.1. The predicted molar refractivity (Wildman–Crippen MR) is 55.2 cm³/mol. The maximum atomic E-state index is 11.5. The van der Waals surface area contributed by atoms with Crippen LogP contribution >= 0.6 is 0 Å². The molecule has 0 aromatic rings. The van der Waals surface area contributed by atoms with Gasteiger partial charge >= 0.3 is 0 Å². The third kappa shape index (κ3) is 4.83. The molecule has 0 radical (unpaired) electrons. The van der Waals surface area contributed by atoms with Crippen molar-refractivity contribution in [3.63, 3.8) is 0 Å². The van der Waals surface area contributed by atoms with Gasteiger partial charge in [0.1, 0.15) is 0 Å². The van der Waals surface area contributed by atoms with Crippen molar-refractivity contribution in [3.8, 4) is 6.07 Å². The fourth-order valence-electron chi connectivity index (χ4n) is 1.09. The molecule has 2 unspecified atom stereocenters. The number of rotatable bonds is 5. The van der Waals surface area contributed by atoms with Gasteiger partial charge in [0, 0.05) is 20.0 Å². The summed E-state index contributed by atoms with van der Waals surface area (Å²) in [7, 11) is 1.72. The monoisotopic (exact) mass is 197 g/mol. The Morgan fingerprint density at radius 1 is 1.57 bits per heavy atom. The Morgan fingerprint density at radius 3 is 2.57 bits per heavy atom. The molecule has 0 heterocycles. The Labute approximate surface area is 85.7 Å². The Balaban J connectivity index is 3.95. The fourth-order valence-corrected chi connectivity index (χ4v) is 1.09. The first-order chi connectivity index (χ1) is 6.51. The van der Waals surface area contributed by atoms with Gasteiger partial charge in [0.05, 0.1) is 12.0 Å². The number of nitrogens with two attached hydrogens (primary N) is 1. The van der Waals surface area contributed by atoms with Crippen molar-refractivity contribution in [2.24, 2.45) is 17.6 Å². The zero-order valence-electron chi connectivity index (χ0n) is 9.16. The van der Waals surface area contributed by atoms with Crippen LogP contribution in [0.15, 0.2) is 0 Å². The van der Waals surface area contributed by atoms with E-state index in [1.165, 1.54) is 0 Å². The lowest BCUT2D eigenvalue weighted by atomic mass is 10.1. The molecule has 14 heavy (non-hydrogen) atoms. The number of carbonyl (C=O) groups excluding carboxylic acids is 1. The normalized spacial score (nSPS) is 14.2. The van der Waals surface area contributed by atoms with Gasteiger partial charge in [-0.1, -0.05) is 6.92 Å². The molecule has 0 spiro atoms. The minimum absolute atomic E-state index is 0.0602. The SMILES string of the molecule is CC(C#N)CN(C)C(=O)CC(C)CN. The topological polar surface area (TPSA) is 70.1 Å². The molecule has 2 atom stereocenters. The predicted octanol–water partition coefficient (Wildman–Crippen LogP) is 0.589. The Morgan fingerprint density at radius 2 is 2.14 bits per heavy atom. The first-order valence-corrected chi connectivity index (χ1v) is 4.84. The Kier molecular flexibility index (Phi) is 5.89. The van der Waals surface area contributed by atoms with Crippen LogP contribution in [0.4, 0.5) is 0 Å². The van der Waals surface area contributed by atoms with Crippen molar-refractivity contribution < 1.29 is 4.79 Å². The summed E-state index contributed by atoms with van der Waals surface area (Å²) in [6.07, 6.45) is 0.463. The summed E-state index contributed by atoms with van der Waals surface area (Å²) in [5.41, 5.74) is 5.42. The van der Waals surface area contributed by atoms with Gasteiger partial charge in [-0.25, -0.2) is 0 Å². The average Bonchev–Trinajstić information content (AvgIpc) is 2.17. The molecule has 4 nitrogen and oxygen atoms in total. The van der Waals surface area contributed by atoms with Crippen molar-refractivity contribution in [2.45, 2.75) is 20.3 Å². The number of nitriles is 1. The van der Waals surface area contributed by atoms with Crippen LogP contribution < -0.4 is 5.73 Å². The molecule has 0 saturated carbocycles. The van der Waals surface area contributed by atoms with Gasteiger partial charge in [-0.15, -0.1) is 0 Å². The largest absolute Gasteiger partial charge is 0.344 e.